The van der Waals surface area contributed by atoms with E-state index in [1.807, 2.05) is 0 Å². The number of nitrogens with one attached hydrogen (secondary N) is 1. The number of H-pyrrole nitrogens is 1. The van der Waals surface area contributed by atoms with Gasteiger partial charge < -0.3 is 10.1 Å². The lowest BCUT2D eigenvalue weighted by Crippen LogP contribution is -1.81. The van der Waals surface area contributed by atoms with Crippen molar-refractivity contribution in [2.24, 2.45) is 0 Å². The fourth-order valence-corrected chi connectivity index (χ4v) is 0.806. The maximum atomic E-state index is 9.98. The average molecular weight is 144 g/mol. The second-order valence-electron chi connectivity index (χ2n) is 1.28. The number of rotatable bonds is 1. The fourth-order valence-electron chi connectivity index (χ4n) is 0.393. The Bertz CT molecular complexity index is 196. The molecular weight excluding hydrogens is 140 g/mol. The van der Waals surface area contributed by atoms with Gasteiger partial charge in [0.05, 0.1) is 12.5 Å². The topological polar surface area (TPSA) is 66.0 Å². The van der Waals surface area contributed by atoms with Gasteiger partial charge in [-0.3, -0.25) is 0 Å². The summed E-state index contributed by atoms with van der Waals surface area (Å²) < 4.78 is 0. The molecule has 0 atom stereocenters. The van der Waals surface area contributed by atoms with Crippen LogP contribution in [0.25, 0.3) is 0 Å². The summed E-state index contributed by atoms with van der Waals surface area (Å²) in [5, 5.41) is 7.81. The summed E-state index contributed by atoms with van der Waals surface area (Å²) in [5.74, 6) is 0. The van der Waals surface area contributed by atoms with Crippen LogP contribution < -0.4 is 0 Å². The van der Waals surface area contributed by atoms with Gasteiger partial charge in [0.25, 0.3) is 0 Å². The van der Waals surface area contributed by atoms with Crippen LogP contribution in [0.1, 0.15) is 0 Å². The molecule has 0 spiro atoms. The first-order valence-electron chi connectivity index (χ1n) is 2.18. The van der Waals surface area contributed by atoms with Gasteiger partial charge >= 0.3 is 5.30 Å². The molecule has 0 radical (unpaired) electrons. The third kappa shape index (κ3) is 1.77. The fraction of sp³-hybridized carbons (Fsp3) is 0. The van der Waals surface area contributed by atoms with Gasteiger partial charge in [0, 0.05) is 11.8 Å². The Kier molecular flexibility index (Phi) is 1.74. The molecule has 1 heterocycles. The minimum atomic E-state index is -0.931. The van der Waals surface area contributed by atoms with Gasteiger partial charge in [0.2, 0.25) is 0 Å². The molecule has 0 aliphatic rings. The van der Waals surface area contributed by atoms with Crippen molar-refractivity contribution < 1.29 is 9.90 Å². The first-order chi connectivity index (χ1) is 4.29. The van der Waals surface area contributed by atoms with Crippen molar-refractivity contribution in [3.8, 4) is 0 Å². The van der Waals surface area contributed by atoms with Crippen molar-refractivity contribution >= 4 is 17.1 Å². The molecule has 0 amide bonds. The van der Waals surface area contributed by atoms with Crippen LogP contribution in [-0.4, -0.2) is 20.4 Å². The smallest absolute Gasteiger partial charge is 0.371 e. The molecule has 0 aromatic carbocycles. The summed E-state index contributed by atoms with van der Waals surface area (Å²) in [6, 6.07) is 0. The van der Waals surface area contributed by atoms with Crippen molar-refractivity contribution in [1.82, 2.24) is 9.97 Å². The molecular formula is C4H4N2O2S. The Morgan fingerprint density at radius 2 is 2.67 bits per heavy atom. The quantitative estimate of drug-likeness (QED) is 0.581. The first-order valence-corrected chi connectivity index (χ1v) is 3.00. The van der Waals surface area contributed by atoms with Crippen molar-refractivity contribution in [1.29, 1.82) is 0 Å². The molecule has 4 nitrogen and oxygen atoms in total. The molecule has 9 heavy (non-hydrogen) atoms. The monoisotopic (exact) mass is 144 g/mol. The molecule has 1 aromatic heterocycles. The normalized spacial score (nSPS) is 9.33. The van der Waals surface area contributed by atoms with Crippen LogP contribution >= 0.6 is 11.8 Å². The highest BCUT2D eigenvalue weighted by Crippen LogP contribution is 2.12. The van der Waals surface area contributed by atoms with Crippen molar-refractivity contribution in [2.75, 3.05) is 0 Å². The minimum Gasteiger partial charge on any atom is -0.473 e. The molecule has 0 aliphatic carbocycles. The van der Waals surface area contributed by atoms with Gasteiger partial charge in [-0.15, -0.1) is 0 Å². The van der Waals surface area contributed by atoms with Crippen LogP contribution in [0.4, 0.5) is 4.79 Å². The number of aromatic nitrogens is 2. The number of imidazole rings is 1. The zero-order chi connectivity index (χ0) is 6.69. The van der Waals surface area contributed by atoms with E-state index >= 15 is 0 Å². The van der Waals surface area contributed by atoms with E-state index in [0.29, 0.717) is 16.8 Å². The van der Waals surface area contributed by atoms with Gasteiger partial charge in [-0.1, -0.05) is 0 Å². The molecule has 5 heteroatoms. The molecule has 0 saturated carbocycles. The minimum absolute atomic E-state index is 0.544. The number of carboxylic acid groups (broad SMARTS) is 1. The maximum absolute atomic E-state index is 9.98. The number of carbonyl (C=O) groups is 1. The van der Waals surface area contributed by atoms with Gasteiger partial charge in [0.15, 0.2) is 0 Å². The predicted octanol–water partition coefficient (Wildman–Crippen LogP) is 1.18. The molecule has 1 aromatic rings. The van der Waals surface area contributed by atoms with Gasteiger partial charge in [0.1, 0.15) is 5.03 Å². The summed E-state index contributed by atoms with van der Waals surface area (Å²) in [5.41, 5.74) is 0. The predicted molar refractivity (Wildman–Crippen MR) is 32.5 cm³/mol. The van der Waals surface area contributed by atoms with E-state index < -0.39 is 5.30 Å². The lowest BCUT2D eigenvalue weighted by atomic mass is 11.0. The van der Waals surface area contributed by atoms with E-state index in [0.717, 1.165) is 0 Å². The number of nitrogens with zero attached hydrogens (tertiary/aromatic N) is 1. The Morgan fingerprint density at radius 1 is 1.89 bits per heavy atom. The van der Waals surface area contributed by atoms with Gasteiger partial charge in [-0.25, -0.2) is 9.78 Å². The third-order valence-corrected chi connectivity index (χ3v) is 1.29. The second kappa shape index (κ2) is 2.54. The van der Waals surface area contributed by atoms with E-state index in [4.69, 9.17) is 5.11 Å². The Labute approximate surface area is 55.3 Å². The van der Waals surface area contributed by atoms with Crippen molar-refractivity contribution in [2.45, 2.75) is 5.03 Å². The van der Waals surface area contributed by atoms with E-state index in [1.165, 1.54) is 12.5 Å². The van der Waals surface area contributed by atoms with Crippen molar-refractivity contribution in [3.63, 3.8) is 0 Å². The molecule has 0 bridgehead atoms. The van der Waals surface area contributed by atoms with E-state index in [9.17, 15) is 4.79 Å². The highest BCUT2D eigenvalue weighted by Gasteiger charge is 1.99. The van der Waals surface area contributed by atoms with Crippen LogP contribution in [-0.2, 0) is 0 Å². The highest BCUT2D eigenvalue weighted by molar-refractivity contribution is 8.13. The Hall–Kier alpha value is -0.970. The highest BCUT2D eigenvalue weighted by atomic mass is 32.2. The average Bonchev–Trinajstić information content (AvgIpc) is 2.15. The molecule has 1 rings (SSSR count). The van der Waals surface area contributed by atoms with Crippen LogP contribution in [0.5, 0.6) is 0 Å². The summed E-state index contributed by atoms with van der Waals surface area (Å²) in [6.45, 7) is 0. The molecule has 48 valence electrons. The van der Waals surface area contributed by atoms with Crippen molar-refractivity contribution in [3.05, 3.63) is 12.5 Å². The van der Waals surface area contributed by atoms with Crippen LogP contribution in [0.2, 0.25) is 0 Å². The van der Waals surface area contributed by atoms with Gasteiger partial charge in [-0.05, 0) is 0 Å². The molecule has 0 unspecified atom stereocenters. The molecule has 0 fully saturated rings. The van der Waals surface area contributed by atoms with E-state index in [1.54, 1.807) is 0 Å². The molecule has 2 N–H and O–H groups in total. The lowest BCUT2D eigenvalue weighted by molar-refractivity contribution is 0.222. The van der Waals surface area contributed by atoms with Gasteiger partial charge in [-0.2, -0.15) is 0 Å². The summed E-state index contributed by atoms with van der Waals surface area (Å²) in [4.78, 5) is 16.3. The zero-order valence-electron chi connectivity index (χ0n) is 4.37. The Morgan fingerprint density at radius 3 is 3.11 bits per heavy atom. The largest absolute Gasteiger partial charge is 0.473 e. The van der Waals surface area contributed by atoms with E-state index in [-0.39, 0.29) is 0 Å². The van der Waals surface area contributed by atoms with Crippen LogP contribution in [0.3, 0.4) is 0 Å². The SMILES string of the molecule is O=C(O)Sc1cnc[nH]1. The second-order valence-corrected chi connectivity index (χ2v) is 2.28. The number of hydrogen-bond acceptors (Lipinski definition) is 3. The van der Waals surface area contributed by atoms with Crippen LogP contribution in [0.15, 0.2) is 17.6 Å². The lowest BCUT2D eigenvalue weighted by Gasteiger charge is -1.84. The number of aromatic amines is 1. The first kappa shape index (κ1) is 6.15. The maximum Gasteiger partial charge on any atom is 0.371 e. The number of hydrogen-bond donors (Lipinski definition) is 2. The summed E-state index contributed by atoms with van der Waals surface area (Å²) in [6.07, 6.45) is 2.89. The third-order valence-electron chi connectivity index (χ3n) is 0.670. The van der Waals surface area contributed by atoms with E-state index in [2.05, 4.69) is 9.97 Å². The summed E-state index contributed by atoms with van der Waals surface area (Å²) >= 11 is 0.704. The zero-order valence-corrected chi connectivity index (χ0v) is 5.18. The standard InChI is InChI=1S/C4H4N2O2S/c7-4(8)9-3-1-5-2-6-3/h1-2H,(H,5,6)(H,7,8). The van der Waals surface area contributed by atoms with Crippen LogP contribution in [0, 0.1) is 0 Å². The molecule has 0 saturated heterocycles. The molecule has 0 aliphatic heterocycles. The number of thioether (sulfide) groups is 1. The summed E-state index contributed by atoms with van der Waals surface area (Å²) in [7, 11) is 0. The Balaban J connectivity index is 2.58.